The minimum absolute atomic E-state index is 0.0532. The summed E-state index contributed by atoms with van der Waals surface area (Å²) in [7, 11) is 0. The largest absolute Gasteiger partial charge is 0.325 e. The fraction of sp³-hybridized carbons (Fsp3) is 0.714. The molecule has 1 saturated carbocycles. The minimum atomic E-state index is 0.0532. The molecule has 1 aromatic rings. The highest BCUT2D eigenvalue weighted by Gasteiger charge is 2.32. The molecule has 17 heavy (non-hydrogen) atoms. The zero-order valence-electron chi connectivity index (χ0n) is 10.5. The van der Waals surface area contributed by atoms with Crippen LogP contribution in [0.5, 0.6) is 0 Å². The van der Waals surface area contributed by atoms with Gasteiger partial charge in [-0.1, -0.05) is 19.8 Å². The van der Waals surface area contributed by atoms with Crippen LogP contribution in [0.1, 0.15) is 50.3 Å². The number of hydrogen-bond acceptors (Lipinski definition) is 2. The highest BCUT2D eigenvalue weighted by atomic mass is 79.9. The van der Waals surface area contributed by atoms with E-state index in [1.54, 1.807) is 0 Å². The number of rotatable bonds is 4. The first kappa shape index (κ1) is 13.6. The Morgan fingerprint density at radius 1 is 1.47 bits per heavy atom. The maximum Gasteiger partial charge on any atom is 0.0315 e. The van der Waals surface area contributed by atoms with Gasteiger partial charge in [0.05, 0.1) is 0 Å². The van der Waals surface area contributed by atoms with Crippen molar-refractivity contribution >= 4 is 27.3 Å². The summed E-state index contributed by atoms with van der Waals surface area (Å²) in [6.07, 6.45) is 8.80. The van der Waals surface area contributed by atoms with Crippen molar-refractivity contribution in [1.82, 2.24) is 0 Å². The van der Waals surface area contributed by atoms with E-state index in [1.165, 1.54) is 47.9 Å². The van der Waals surface area contributed by atoms with E-state index in [4.69, 9.17) is 5.73 Å². The Balaban J connectivity index is 1.91. The molecule has 0 atom stereocenters. The molecule has 0 radical (unpaired) electrons. The summed E-state index contributed by atoms with van der Waals surface area (Å²) in [4.78, 5) is 1.42. The summed E-state index contributed by atoms with van der Waals surface area (Å²) in [5.74, 6) is 0.934. The Kier molecular flexibility index (Phi) is 4.67. The van der Waals surface area contributed by atoms with Gasteiger partial charge in [0, 0.05) is 21.3 Å². The van der Waals surface area contributed by atoms with Gasteiger partial charge in [0.15, 0.2) is 0 Å². The standard InChI is InChI=1S/C14H22BrNS/c1-2-3-11-4-7-14(16,8-5-11)10-13-12(15)6-9-17-13/h6,9,11H,2-5,7-8,10,16H2,1H3. The average Bonchev–Trinajstić information content (AvgIpc) is 2.68. The molecule has 2 rings (SSSR count). The second-order valence-corrected chi connectivity index (χ2v) is 7.32. The third-order valence-electron chi connectivity index (χ3n) is 4.00. The molecule has 1 aliphatic rings. The van der Waals surface area contributed by atoms with Gasteiger partial charge in [0.1, 0.15) is 0 Å². The van der Waals surface area contributed by atoms with Crippen molar-refractivity contribution in [2.45, 2.75) is 57.4 Å². The topological polar surface area (TPSA) is 26.0 Å². The molecule has 0 unspecified atom stereocenters. The zero-order valence-corrected chi connectivity index (χ0v) is 12.9. The molecule has 0 spiro atoms. The first-order valence-electron chi connectivity index (χ1n) is 6.64. The summed E-state index contributed by atoms with van der Waals surface area (Å²) in [5.41, 5.74) is 6.62. The van der Waals surface area contributed by atoms with Crippen LogP contribution in [-0.2, 0) is 6.42 Å². The van der Waals surface area contributed by atoms with E-state index in [9.17, 15) is 0 Å². The van der Waals surface area contributed by atoms with Crippen molar-refractivity contribution in [3.05, 3.63) is 20.8 Å². The van der Waals surface area contributed by atoms with Crippen molar-refractivity contribution in [3.8, 4) is 0 Å². The molecule has 1 heterocycles. The van der Waals surface area contributed by atoms with E-state index in [0.717, 1.165) is 12.3 Å². The monoisotopic (exact) mass is 315 g/mol. The number of thiophene rings is 1. The average molecular weight is 316 g/mol. The smallest absolute Gasteiger partial charge is 0.0315 e. The molecular formula is C14H22BrNS. The number of nitrogens with two attached hydrogens (primary N) is 1. The van der Waals surface area contributed by atoms with E-state index >= 15 is 0 Å². The lowest BCUT2D eigenvalue weighted by molar-refractivity contribution is 0.224. The minimum Gasteiger partial charge on any atom is -0.325 e. The maximum absolute atomic E-state index is 6.56. The van der Waals surface area contributed by atoms with Crippen LogP contribution in [0.2, 0.25) is 0 Å². The van der Waals surface area contributed by atoms with E-state index in [1.807, 2.05) is 11.3 Å². The van der Waals surface area contributed by atoms with Gasteiger partial charge in [-0.05, 0) is 59.0 Å². The molecule has 1 fully saturated rings. The maximum atomic E-state index is 6.56. The second kappa shape index (κ2) is 5.85. The summed E-state index contributed by atoms with van der Waals surface area (Å²) in [6.45, 7) is 2.28. The first-order valence-corrected chi connectivity index (χ1v) is 8.31. The van der Waals surface area contributed by atoms with Gasteiger partial charge < -0.3 is 5.73 Å². The lowest BCUT2D eigenvalue weighted by atomic mass is 9.74. The zero-order chi connectivity index (χ0) is 12.3. The van der Waals surface area contributed by atoms with Crippen molar-refractivity contribution in [1.29, 1.82) is 0 Å². The van der Waals surface area contributed by atoms with Crippen LogP contribution in [0.25, 0.3) is 0 Å². The van der Waals surface area contributed by atoms with Crippen molar-refractivity contribution in [2.24, 2.45) is 11.7 Å². The van der Waals surface area contributed by atoms with E-state index < -0.39 is 0 Å². The molecule has 0 bridgehead atoms. The predicted octanol–water partition coefficient (Wildman–Crippen LogP) is 4.74. The van der Waals surface area contributed by atoms with Gasteiger partial charge in [-0.3, -0.25) is 0 Å². The van der Waals surface area contributed by atoms with Crippen LogP contribution in [0.4, 0.5) is 0 Å². The van der Waals surface area contributed by atoms with Gasteiger partial charge in [-0.15, -0.1) is 11.3 Å². The van der Waals surface area contributed by atoms with Gasteiger partial charge in [0.25, 0.3) is 0 Å². The second-order valence-electron chi connectivity index (χ2n) is 5.46. The van der Waals surface area contributed by atoms with Crippen molar-refractivity contribution in [3.63, 3.8) is 0 Å². The quantitative estimate of drug-likeness (QED) is 0.853. The van der Waals surface area contributed by atoms with Crippen LogP contribution in [-0.4, -0.2) is 5.54 Å². The Labute approximate surface area is 117 Å². The summed E-state index contributed by atoms with van der Waals surface area (Å²) in [6, 6.07) is 2.13. The lowest BCUT2D eigenvalue weighted by Crippen LogP contribution is -2.45. The predicted molar refractivity (Wildman–Crippen MR) is 79.5 cm³/mol. The molecular weight excluding hydrogens is 294 g/mol. The van der Waals surface area contributed by atoms with Crippen LogP contribution >= 0.6 is 27.3 Å². The molecule has 1 nitrogen and oxygen atoms in total. The van der Waals surface area contributed by atoms with Crippen molar-refractivity contribution < 1.29 is 0 Å². The normalized spacial score (nSPS) is 29.5. The Morgan fingerprint density at radius 2 is 2.18 bits per heavy atom. The fourth-order valence-electron chi connectivity index (χ4n) is 2.90. The third-order valence-corrected chi connectivity index (χ3v) is 5.93. The van der Waals surface area contributed by atoms with Crippen LogP contribution < -0.4 is 5.73 Å². The molecule has 3 heteroatoms. The number of halogens is 1. The SMILES string of the molecule is CCCC1CCC(N)(Cc2sccc2Br)CC1. The Morgan fingerprint density at radius 3 is 2.71 bits per heavy atom. The van der Waals surface area contributed by atoms with E-state index in [2.05, 4.69) is 34.3 Å². The highest BCUT2D eigenvalue weighted by molar-refractivity contribution is 9.10. The van der Waals surface area contributed by atoms with Gasteiger partial charge in [0.2, 0.25) is 0 Å². The van der Waals surface area contributed by atoms with Gasteiger partial charge >= 0.3 is 0 Å². The summed E-state index contributed by atoms with van der Waals surface area (Å²) < 4.78 is 1.24. The van der Waals surface area contributed by atoms with E-state index in [-0.39, 0.29) is 5.54 Å². The molecule has 1 aromatic heterocycles. The summed E-state index contributed by atoms with van der Waals surface area (Å²) in [5, 5.41) is 2.14. The molecule has 96 valence electrons. The van der Waals surface area contributed by atoms with Gasteiger partial charge in [-0.25, -0.2) is 0 Å². The van der Waals surface area contributed by atoms with Crippen molar-refractivity contribution in [2.75, 3.05) is 0 Å². The summed E-state index contributed by atoms with van der Waals surface area (Å²) >= 11 is 5.43. The highest BCUT2D eigenvalue weighted by Crippen LogP contribution is 2.37. The van der Waals surface area contributed by atoms with Gasteiger partial charge in [-0.2, -0.15) is 0 Å². The molecule has 1 aliphatic carbocycles. The van der Waals surface area contributed by atoms with E-state index in [0.29, 0.717) is 0 Å². The molecule has 0 saturated heterocycles. The van der Waals surface area contributed by atoms with Crippen LogP contribution in [0.15, 0.2) is 15.9 Å². The Bertz CT molecular complexity index is 353. The molecule has 2 N–H and O–H groups in total. The fourth-order valence-corrected chi connectivity index (χ4v) is 4.54. The molecule has 0 amide bonds. The third kappa shape index (κ3) is 3.55. The van der Waals surface area contributed by atoms with Crippen LogP contribution in [0.3, 0.4) is 0 Å². The van der Waals surface area contributed by atoms with Crippen LogP contribution in [0, 0.1) is 5.92 Å². The molecule has 0 aromatic carbocycles. The lowest BCUT2D eigenvalue weighted by Gasteiger charge is -2.37. The Hall–Kier alpha value is 0.140. The number of hydrogen-bond donors (Lipinski definition) is 1. The first-order chi connectivity index (χ1) is 8.13. The molecule has 0 aliphatic heterocycles.